The van der Waals surface area contributed by atoms with E-state index >= 15 is 0 Å². The van der Waals surface area contributed by atoms with Gasteiger partial charge in [-0.2, -0.15) is 0 Å². The molecule has 0 spiro atoms. The maximum Gasteiger partial charge on any atom is 0.143 e. The van der Waals surface area contributed by atoms with Crippen molar-refractivity contribution < 1.29 is 0 Å². The third kappa shape index (κ3) is 2.88. The van der Waals surface area contributed by atoms with Crippen molar-refractivity contribution in [2.45, 2.75) is 0 Å². The fourth-order valence-corrected chi connectivity index (χ4v) is 3.14. The average Bonchev–Trinajstić information content (AvgIpc) is 3.01. The maximum absolute atomic E-state index is 6.00. The highest BCUT2D eigenvalue weighted by Crippen LogP contribution is 2.33. The normalized spacial score (nSPS) is 10.9. The number of aromatic nitrogens is 3. The molecule has 0 aliphatic rings. The predicted molar refractivity (Wildman–Crippen MR) is 102 cm³/mol. The van der Waals surface area contributed by atoms with Crippen LogP contribution >= 0.6 is 27.5 Å². The molecule has 0 radical (unpaired) electrons. The summed E-state index contributed by atoms with van der Waals surface area (Å²) in [6, 6.07) is 15.7. The van der Waals surface area contributed by atoms with Crippen LogP contribution in [0.2, 0.25) is 5.02 Å². The Labute approximate surface area is 152 Å². The van der Waals surface area contributed by atoms with Crippen molar-refractivity contribution in [2.75, 3.05) is 5.32 Å². The van der Waals surface area contributed by atoms with Crippen molar-refractivity contribution in [1.82, 2.24) is 15.0 Å². The lowest BCUT2D eigenvalue weighted by atomic mass is 10.1. The fraction of sp³-hybridized carbons (Fsp3) is 0. The number of benzene rings is 2. The molecule has 2 N–H and O–H groups in total. The van der Waals surface area contributed by atoms with Crippen molar-refractivity contribution in [1.29, 1.82) is 0 Å². The van der Waals surface area contributed by atoms with E-state index < -0.39 is 0 Å². The number of nitrogens with zero attached hydrogens (tertiary/aromatic N) is 2. The van der Waals surface area contributed by atoms with E-state index in [0.717, 1.165) is 38.1 Å². The minimum Gasteiger partial charge on any atom is -0.345 e. The van der Waals surface area contributed by atoms with Crippen LogP contribution in [-0.4, -0.2) is 15.0 Å². The molecule has 4 nitrogen and oxygen atoms in total. The third-order valence-electron chi connectivity index (χ3n) is 3.71. The summed E-state index contributed by atoms with van der Waals surface area (Å²) in [5.74, 6) is 0.754. The predicted octanol–water partition coefficient (Wildman–Crippen LogP) is 5.78. The quantitative estimate of drug-likeness (QED) is 0.459. The fourth-order valence-electron chi connectivity index (χ4n) is 2.62. The zero-order valence-electron chi connectivity index (χ0n) is 12.4. The minimum absolute atomic E-state index is 0.710. The number of halogens is 2. The molecule has 0 atom stereocenters. The first-order chi connectivity index (χ1) is 11.7. The molecule has 0 fully saturated rings. The minimum atomic E-state index is 0.710. The van der Waals surface area contributed by atoms with Crippen molar-refractivity contribution >= 4 is 50.1 Å². The van der Waals surface area contributed by atoms with E-state index in [1.54, 1.807) is 6.33 Å². The zero-order chi connectivity index (χ0) is 16.5. The first-order valence-electron chi connectivity index (χ1n) is 7.31. The lowest BCUT2D eigenvalue weighted by Crippen LogP contribution is -1.95. The zero-order valence-corrected chi connectivity index (χ0v) is 14.8. The van der Waals surface area contributed by atoms with Gasteiger partial charge in [-0.1, -0.05) is 45.7 Å². The summed E-state index contributed by atoms with van der Waals surface area (Å²) in [4.78, 5) is 12.0. The van der Waals surface area contributed by atoms with Gasteiger partial charge in [0.25, 0.3) is 0 Å². The Bertz CT molecular complexity index is 1010. The van der Waals surface area contributed by atoms with Gasteiger partial charge in [-0.25, -0.2) is 9.97 Å². The molecule has 0 saturated heterocycles. The lowest BCUT2D eigenvalue weighted by Gasteiger charge is -2.08. The first-order valence-corrected chi connectivity index (χ1v) is 8.48. The lowest BCUT2D eigenvalue weighted by molar-refractivity contribution is 1.20. The molecule has 2 aromatic heterocycles. The van der Waals surface area contributed by atoms with E-state index in [0.29, 0.717) is 5.02 Å². The van der Waals surface area contributed by atoms with Gasteiger partial charge >= 0.3 is 0 Å². The van der Waals surface area contributed by atoms with Gasteiger partial charge in [-0.3, -0.25) is 0 Å². The number of aromatic amines is 1. The summed E-state index contributed by atoms with van der Waals surface area (Å²) in [5, 5.41) is 5.02. The van der Waals surface area contributed by atoms with E-state index in [1.165, 1.54) is 0 Å². The van der Waals surface area contributed by atoms with Crippen LogP contribution in [0, 0.1) is 0 Å². The van der Waals surface area contributed by atoms with Crippen LogP contribution in [-0.2, 0) is 0 Å². The van der Waals surface area contributed by atoms with Crippen molar-refractivity contribution in [3.05, 3.63) is 70.6 Å². The van der Waals surface area contributed by atoms with Crippen molar-refractivity contribution in [3.63, 3.8) is 0 Å². The number of fused-ring (bicyclic) bond motifs is 1. The average molecular weight is 400 g/mol. The number of nitrogens with one attached hydrogen (secondary N) is 2. The highest BCUT2D eigenvalue weighted by molar-refractivity contribution is 9.10. The smallest absolute Gasteiger partial charge is 0.143 e. The number of hydrogen-bond donors (Lipinski definition) is 2. The van der Waals surface area contributed by atoms with Crippen molar-refractivity contribution in [3.8, 4) is 11.1 Å². The molecule has 0 aliphatic heterocycles. The van der Waals surface area contributed by atoms with Crippen LogP contribution < -0.4 is 5.32 Å². The van der Waals surface area contributed by atoms with Crippen LogP contribution in [0.1, 0.15) is 0 Å². The summed E-state index contributed by atoms with van der Waals surface area (Å²) in [6.45, 7) is 0. The Balaban J connectivity index is 1.84. The summed E-state index contributed by atoms with van der Waals surface area (Å²) in [7, 11) is 0. The Morgan fingerprint density at radius 3 is 2.67 bits per heavy atom. The van der Waals surface area contributed by atoms with Gasteiger partial charge in [0.2, 0.25) is 0 Å². The topological polar surface area (TPSA) is 53.6 Å². The second kappa shape index (κ2) is 6.26. The molecule has 2 heterocycles. The Hall–Kier alpha value is -2.37. The van der Waals surface area contributed by atoms with Crippen LogP contribution in [0.15, 0.2) is 65.5 Å². The molecule has 4 aromatic rings. The number of hydrogen-bond acceptors (Lipinski definition) is 3. The van der Waals surface area contributed by atoms with Gasteiger partial charge in [-0.15, -0.1) is 0 Å². The molecule has 2 aromatic carbocycles. The molecule has 4 rings (SSSR count). The van der Waals surface area contributed by atoms with E-state index in [9.17, 15) is 0 Å². The maximum atomic E-state index is 6.00. The van der Waals surface area contributed by atoms with Gasteiger partial charge in [0.15, 0.2) is 0 Å². The molecular weight excluding hydrogens is 388 g/mol. The largest absolute Gasteiger partial charge is 0.345 e. The van der Waals surface area contributed by atoms with Gasteiger partial charge in [0, 0.05) is 26.9 Å². The Morgan fingerprint density at radius 1 is 1.04 bits per heavy atom. The molecule has 6 heteroatoms. The van der Waals surface area contributed by atoms with Crippen LogP contribution in [0.3, 0.4) is 0 Å². The van der Waals surface area contributed by atoms with Crippen LogP contribution in [0.4, 0.5) is 11.5 Å². The Kier molecular flexibility index (Phi) is 3.96. The SMILES string of the molecule is Clc1ccc(-c2c[nH]c3ncnc(Nc4cccc(Br)c4)c23)cc1. The van der Waals surface area contributed by atoms with Crippen LogP contribution in [0.25, 0.3) is 22.2 Å². The number of rotatable bonds is 3. The molecule has 0 aliphatic carbocycles. The van der Waals surface area contributed by atoms with E-state index in [2.05, 4.69) is 36.2 Å². The van der Waals surface area contributed by atoms with Crippen molar-refractivity contribution in [2.24, 2.45) is 0 Å². The highest BCUT2D eigenvalue weighted by atomic mass is 79.9. The molecule has 0 unspecified atom stereocenters. The summed E-state index contributed by atoms with van der Waals surface area (Å²) >= 11 is 9.48. The second-order valence-corrected chi connectivity index (χ2v) is 6.64. The first kappa shape index (κ1) is 15.2. The summed E-state index contributed by atoms with van der Waals surface area (Å²) in [6.07, 6.45) is 3.49. The molecular formula is C18H12BrClN4. The van der Waals surface area contributed by atoms with Gasteiger partial charge in [0.1, 0.15) is 17.8 Å². The molecule has 0 saturated carbocycles. The standard InChI is InChI=1S/C18H12BrClN4/c19-12-2-1-3-14(8-12)24-18-16-15(9-21-17(16)22-10-23-18)11-4-6-13(20)7-5-11/h1-10H,(H2,21,22,23,24). The van der Waals surface area contributed by atoms with E-state index in [4.69, 9.17) is 11.6 Å². The monoisotopic (exact) mass is 398 g/mol. The van der Waals surface area contributed by atoms with Gasteiger partial charge in [0.05, 0.1) is 5.39 Å². The molecule has 118 valence electrons. The van der Waals surface area contributed by atoms with Gasteiger partial charge < -0.3 is 10.3 Å². The van der Waals surface area contributed by atoms with Crippen LogP contribution in [0.5, 0.6) is 0 Å². The third-order valence-corrected chi connectivity index (χ3v) is 4.46. The highest BCUT2D eigenvalue weighted by Gasteiger charge is 2.13. The molecule has 24 heavy (non-hydrogen) atoms. The summed E-state index contributed by atoms with van der Waals surface area (Å²) in [5.41, 5.74) is 3.82. The number of anilines is 2. The number of H-pyrrole nitrogens is 1. The molecule has 0 bridgehead atoms. The second-order valence-electron chi connectivity index (χ2n) is 5.29. The van der Waals surface area contributed by atoms with E-state index in [-0.39, 0.29) is 0 Å². The summed E-state index contributed by atoms with van der Waals surface area (Å²) < 4.78 is 1.00. The van der Waals surface area contributed by atoms with E-state index in [1.807, 2.05) is 54.7 Å². The Morgan fingerprint density at radius 2 is 1.88 bits per heavy atom. The van der Waals surface area contributed by atoms with Gasteiger partial charge in [-0.05, 0) is 35.9 Å². The molecule has 0 amide bonds.